The van der Waals surface area contributed by atoms with Crippen LogP contribution in [0.25, 0.3) is 0 Å². The van der Waals surface area contributed by atoms with Crippen molar-refractivity contribution in [3.63, 3.8) is 0 Å². The van der Waals surface area contributed by atoms with Crippen molar-refractivity contribution >= 4 is 18.3 Å². The molecule has 0 spiro atoms. The van der Waals surface area contributed by atoms with Gasteiger partial charge in [0.05, 0.1) is 6.10 Å². The Labute approximate surface area is 102 Å². The third-order valence-corrected chi connectivity index (χ3v) is 3.65. The minimum Gasteiger partial charge on any atom is -0.363 e. The molecule has 3 fully saturated rings. The number of carbonyl (C=O) groups is 1. The first-order chi connectivity index (χ1) is 7.33. The largest absolute Gasteiger partial charge is 0.363 e. The summed E-state index contributed by atoms with van der Waals surface area (Å²) >= 11 is 0. The van der Waals surface area contributed by atoms with E-state index in [0.717, 1.165) is 31.8 Å². The molecule has 0 aromatic heterocycles. The Morgan fingerprint density at radius 1 is 1.38 bits per heavy atom. The van der Waals surface area contributed by atoms with E-state index in [1.165, 1.54) is 12.8 Å². The van der Waals surface area contributed by atoms with Crippen LogP contribution in [-0.4, -0.2) is 37.2 Å². The van der Waals surface area contributed by atoms with Gasteiger partial charge in [0.25, 0.3) is 0 Å². The minimum atomic E-state index is -0.202. The molecule has 0 unspecified atom stereocenters. The summed E-state index contributed by atoms with van der Waals surface area (Å²) in [6.07, 6.45) is 4.53. The van der Waals surface area contributed by atoms with E-state index >= 15 is 0 Å². The number of nitrogens with one attached hydrogen (secondary N) is 2. The molecule has 4 nitrogen and oxygen atoms in total. The fraction of sp³-hybridized carbons (Fsp3) is 0.909. The molecule has 16 heavy (non-hydrogen) atoms. The topological polar surface area (TPSA) is 50.4 Å². The molecule has 2 N–H and O–H groups in total. The highest BCUT2D eigenvalue weighted by molar-refractivity contribution is 5.85. The van der Waals surface area contributed by atoms with Gasteiger partial charge in [-0.3, -0.25) is 4.79 Å². The molecule has 3 rings (SSSR count). The maximum absolute atomic E-state index is 11.7. The Bertz CT molecular complexity index is 259. The zero-order valence-electron chi connectivity index (χ0n) is 9.28. The highest BCUT2D eigenvalue weighted by atomic mass is 35.5. The Morgan fingerprint density at radius 3 is 2.88 bits per heavy atom. The summed E-state index contributed by atoms with van der Waals surface area (Å²) in [6, 6.07) is 0.418. The Morgan fingerprint density at radius 2 is 2.19 bits per heavy atom. The van der Waals surface area contributed by atoms with E-state index in [-0.39, 0.29) is 30.5 Å². The van der Waals surface area contributed by atoms with Crippen molar-refractivity contribution in [2.24, 2.45) is 5.92 Å². The quantitative estimate of drug-likeness (QED) is 0.761. The van der Waals surface area contributed by atoms with E-state index in [2.05, 4.69) is 10.6 Å². The fourth-order valence-electron chi connectivity index (χ4n) is 2.49. The molecular weight excluding hydrogens is 228 g/mol. The Hall–Kier alpha value is -0.320. The van der Waals surface area contributed by atoms with Gasteiger partial charge in [-0.1, -0.05) is 0 Å². The number of halogens is 1. The van der Waals surface area contributed by atoms with E-state index in [1.54, 1.807) is 0 Å². The van der Waals surface area contributed by atoms with Crippen molar-refractivity contribution in [3.8, 4) is 0 Å². The minimum absolute atomic E-state index is 0. The van der Waals surface area contributed by atoms with E-state index in [1.807, 2.05) is 0 Å². The number of amides is 1. The van der Waals surface area contributed by atoms with Crippen LogP contribution in [0.2, 0.25) is 0 Å². The summed E-state index contributed by atoms with van der Waals surface area (Å²) in [5, 5.41) is 6.36. The number of rotatable bonds is 3. The molecule has 92 valence electrons. The van der Waals surface area contributed by atoms with Gasteiger partial charge in [-0.2, -0.15) is 0 Å². The van der Waals surface area contributed by atoms with Crippen LogP contribution in [0.5, 0.6) is 0 Å². The van der Waals surface area contributed by atoms with Gasteiger partial charge in [0.2, 0.25) is 5.91 Å². The van der Waals surface area contributed by atoms with Crippen LogP contribution in [0.3, 0.4) is 0 Å². The SMILES string of the molecule is Cl.O=C(NCC1CC1)[C@H]1C[C@H]2NCC[C@H]2O1. The van der Waals surface area contributed by atoms with Crippen LogP contribution in [0.4, 0.5) is 0 Å². The molecule has 0 radical (unpaired) electrons. The number of ether oxygens (including phenoxy) is 1. The highest BCUT2D eigenvalue weighted by Crippen LogP contribution is 2.29. The maximum Gasteiger partial charge on any atom is 0.249 e. The lowest BCUT2D eigenvalue weighted by Crippen LogP contribution is -2.36. The highest BCUT2D eigenvalue weighted by Gasteiger charge is 2.41. The normalized spacial score (nSPS) is 36.6. The Kier molecular flexibility index (Phi) is 3.72. The van der Waals surface area contributed by atoms with E-state index in [0.29, 0.717) is 6.04 Å². The number of hydrogen-bond donors (Lipinski definition) is 2. The maximum atomic E-state index is 11.7. The second-order valence-corrected chi connectivity index (χ2v) is 4.94. The summed E-state index contributed by atoms with van der Waals surface area (Å²) in [4.78, 5) is 11.7. The van der Waals surface area contributed by atoms with Gasteiger partial charge < -0.3 is 15.4 Å². The monoisotopic (exact) mass is 246 g/mol. The molecule has 3 atom stereocenters. The first kappa shape index (κ1) is 12.1. The first-order valence-corrected chi connectivity index (χ1v) is 5.99. The zero-order chi connectivity index (χ0) is 10.3. The molecule has 1 amide bonds. The molecule has 1 saturated carbocycles. The average molecular weight is 247 g/mol. The standard InChI is InChI=1S/C11H18N2O2.ClH/c14-11(13-6-7-1-2-7)10-5-8-9(15-10)3-4-12-8;/h7-10,12H,1-6H2,(H,13,14);1H/t8-,9-,10-;/m1./s1. The molecule has 3 aliphatic rings. The summed E-state index contributed by atoms with van der Waals surface area (Å²) < 4.78 is 5.73. The molecule has 2 saturated heterocycles. The lowest BCUT2D eigenvalue weighted by molar-refractivity contribution is -0.132. The third-order valence-electron chi connectivity index (χ3n) is 3.65. The predicted octanol–water partition coefficient (Wildman–Crippen LogP) is 0.454. The molecule has 0 bridgehead atoms. The first-order valence-electron chi connectivity index (χ1n) is 5.99. The summed E-state index contributed by atoms with van der Waals surface area (Å²) in [5.41, 5.74) is 0. The van der Waals surface area contributed by atoms with Gasteiger partial charge in [0.1, 0.15) is 6.10 Å². The molecule has 5 heteroatoms. The molecule has 1 aliphatic carbocycles. The lowest BCUT2D eigenvalue weighted by Gasteiger charge is -2.12. The lowest BCUT2D eigenvalue weighted by atomic mass is 10.1. The molecule has 2 aliphatic heterocycles. The Balaban J connectivity index is 0.000000963. The molecule has 2 heterocycles. The smallest absolute Gasteiger partial charge is 0.249 e. The van der Waals surface area contributed by atoms with Crippen molar-refractivity contribution in [1.82, 2.24) is 10.6 Å². The van der Waals surface area contributed by atoms with Crippen LogP contribution in [-0.2, 0) is 9.53 Å². The van der Waals surface area contributed by atoms with Crippen molar-refractivity contribution in [3.05, 3.63) is 0 Å². The zero-order valence-corrected chi connectivity index (χ0v) is 10.1. The van der Waals surface area contributed by atoms with Crippen LogP contribution < -0.4 is 10.6 Å². The fourth-order valence-corrected chi connectivity index (χ4v) is 2.49. The molecule has 0 aromatic carbocycles. The van der Waals surface area contributed by atoms with Gasteiger partial charge in [0, 0.05) is 19.0 Å². The number of hydrogen-bond acceptors (Lipinski definition) is 3. The number of fused-ring (bicyclic) bond motifs is 1. The summed E-state index contributed by atoms with van der Waals surface area (Å²) in [7, 11) is 0. The van der Waals surface area contributed by atoms with Crippen LogP contribution >= 0.6 is 12.4 Å². The van der Waals surface area contributed by atoms with Crippen molar-refractivity contribution in [2.75, 3.05) is 13.1 Å². The van der Waals surface area contributed by atoms with Gasteiger partial charge in [-0.05, 0) is 31.7 Å². The van der Waals surface area contributed by atoms with Gasteiger partial charge in [-0.15, -0.1) is 12.4 Å². The van der Waals surface area contributed by atoms with Crippen LogP contribution in [0.15, 0.2) is 0 Å². The second kappa shape index (κ2) is 4.90. The third kappa shape index (κ3) is 2.50. The molecule has 0 aromatic rings. The van der Waals surface area contributed by atoms with E-state index in [4.69, 9.17) is 4.74 Å². The van der Waals surface area contributed by atoms with Gasteiger partial charge in [-0.25, -0.2) is 0 Å². The van der Waals surface area contributed by atoms with Gasteiger partial charge in [0.15, 0.2) is 0 Å². The van der Waals surface area contributed by atoms with Crippen molar-refractivity contribution < 1.29 is 9.53 Å². The van der Waals surface area contributed by atoms with Crippen molar-refractivity contribution in [1.29, 1.82) is 0 Å². The second-order valence-electron chi connectivity index (χ2n) is 4.94. The van der Waals surface area contributed by atoms with Gasteiger partial charge >= 0.3 is 0 Å². The van der Waals surface area contributed by atoms with Crippen LogP contribution in [0.1, 0.15) is 25.7 Å². The van der Waals surface area contributed by atoms with E-state index in [9.17, 15) is 4.79 Å². The van der Waals surface area contributed by atoms with Crippen molar-refractivity contribution in [2.45, 2.75) is 43.9 Å². The summed E-state index contributed by atoms with van der Waals surface area (Å²) in [5.74, 6) is 0.839. The number of carbonyl (C=O) groups excluding carboxylic acids is 1. The summed E-state index contributed by atoms with van der Waals surface area (Å²) in [6.45, 7) is 1.88. The van der Waals surface area contributed by atoms with Crippen LogP contribution in [0, 0.1) is 5.92 Å². The predicted molar refractivity (Wildman–Crippen MR) is 62.7 cm³/mol. The average Bonchev–Trinajstić information content (AvgIpc) is 2.79. The molecular formula is C11H19ClN2O2. The van der Waals surface area contributed by atoms with E-state index < -0.39 is 0 Å².